The van der Waals surface area contributed by atoms with Crippen molar-refractivity contribution in [1.82, 2.24) is 9.78 Å². The first-order chi connectivity index (χ1) is 8.52. The van der Waals surface area contributed by atoms with Crippen molar-refractivity contribution >= 4 is 22.9 Å². The quantitative estimate of drug-likeness (QED) is 0.927. The normalized spacial score (nSPS) is 10.4. The van der Waals surface area contributed by atoms with Gasteiger partial charge in [-0.05, 0) is 26.0 Å². The Balaban J connectivity index is 2.27. The van der Waals surface area contributed by atoms with Gasteiger partial charge in [0.25, 0.3) is 5.91 Å². The van der Waals surface area contributed by atoms with Crippen LogP contribution >= 0.6 is 11.3 Å². The van der Waals surface area contributed by atoms with Crippen LogP contribution in [-0.2, 0) is 7.05 Å². The van der Waals surface area contributed by atoms with Crippen LogP contribution in [0.2, 0.25) is 0 Å². The van der Waals surface area contributed by atoms with Crippen LogP contribution in [0.4, 0.5) is 5.69 Å². The van der Waals surface area contributed by atoms with Gasteiger partial charge in [0, 0.05) is 11.9 Å². The highest BCUT2D eigenvalue weighted by atomic mass is 32.1. The van der Waals surface area contributed by atoms with E-state index in [0.29, 0.717) is 16.4 Å². The van der Waals surface area contributed by atoms with Gasteiger partial charge in [0.1, 0.15) is 5.69 Å². The maximum Gasteiger partial charge on any atom is 0.265 e. The van der Waals surface area contributed by atoms with Gasteiger partial charge in [-0.2, -0.15) is 5.10 Å². The van der Waals surface area contributed by atoms with Crippen LogP contribution in [0.3, 0.4) is 0 Å². The molecule has 2 heterocycles. The molecule has 96 valence electrons. The Kier molecular flexibility index (Phi) is 3.38. The average Bonchev–Trinajstić information content (AvgIpc) is 2.84. The van der Waals surface area contributed by atoms with Crippen molar-refractivity contribution < 1.29 is 9.53 Å². The Hall–Kier alpha value is -1.82. The zero-order chi connectivity index (χ0) is 13.3. The highest BCUT2D eigenvalue weighted by Crippen LogP contribution is 2.28. The van der Waals surface area contributed by atoms with Gasteiger partial charge in [0.15, 0.2) is 0 Å². The van der Waals surface area contributed by atoms with Crippen molar-refractivity contribution in [1.29, 1.82) is 0 Å². The molecule has 0 saturated carbocycles. The average molecular weight is 265 g/mol. The Morgan fingerprint density at radius 3 is 2.72 bits per heavy atom. The van der Waals surface area contributed by atoms with Gasteiger partial charge < -0.3 is 10.1 Å². The minimum Gasteiger partial charge on any atom is -0.480 e. The highest BCUT2D eigenvalue weighted by molar-refractivity contribution is 7.14. The molecule has 0 spiro atoms. The van der Waals surface area contributed by atoms with E-state index in [1.54, 1.807) is 18.8 Å². The number of aromatic nitrogens is 2. The number of nitrogens with one attached hydrogen (secondary N) is 1. The van der Waals surface area contributed by atoms with Gasteiger partial charge in [-0.15, -0.1) is 11.3 Å². The number of carbonyl (C=O) groups excluding carboxylic acids is 1. The van der Waals surface area contributed by atoms with E-state index in [4.69, 9.17) is 4.74 Å². The van der Waals surface area contributed by atoms with Crippen LogP contribution in [0, 0.1) is 13.8 Å². The molecule has 5 nitrogen and oxygen atoms in total. The number of hydrogen-bond acceptors (Lipinski definition) is 4. The maximum atomic E-state index is 12.1. The van der Waals surface area contributed by atoms with Crippen LogP contribution in [0.15, 0.2) is 12.1 Å². The SMILES string of the molecule is COc1c(NC(=O)c2ccc(C)s2)c(C)nn1C. The summed E-state index contributed by atoms with van der Waals surface area (Å²) in [5, 5.41) is 7.06. The lowest BCUT2D eigenvalue weighted by atomic mass is 10.3. The summed E-state index contributed by atoms with van der Waals surface area (Å²) in [7, 11) is 3.33. The van der Waals surface area contributed by atoms with Crippen LogP contribution in [0.25, 0.3) is 0 Å². The molecule has 0 aromatic carbocycles. The van der Waals surface area contributed by atoms with E-state index in [9.17, 15) is 4.79 Å². The first-order valence-electron chi connectivity index (χ1n) is 5.48. The van der Waals surface area contributed by atoms with Crippen molar-refractivity contribution in [2.45, 2.75) is 13.8 Å². The zero-order valence-electron chi connectivity index (χ0n) is 10.8. The molecule has 0 aliphatic carbocycles. The van der Waals surface area contributed by atoms with E-state index in [0.717, 1.165) is 10.6 Å². The lowest BCUT2D eigenvalue weighted by molar-refractivity contribution is 0.103. The molecular formula is C12H15N3O2S. The molecule has 0 atom stereocenters. The van der Waals surface area contributed by atoms with Crippen LogP contribution in [0.5, 0.6) is 5.88 Å². The molecule has 0 radical (unpaired) electrons. The number of aryl methyl sites for hydroxylation is 3. The van der Waals surface area contributed by atoms with Crippen molar-refractivity contribution in [2.75, 3.05) is 12.4 Å². The lowest BCUT2D eigenvalue weighted by Gasteiger charge is -2.05. The summed E-state index contributed by atoms with van der Waals surface area (Å²) in [6, 6.07) is 3.74. The largest absolute Gasteiger partial charge is 0.480 e. The standard InChI is InChI=1S/C12H15N3O2S/c1-7-5-6-9(18-7)11(16)13-10-8(2)14-15(3)12(10)17-4/h5-6H,1-4H3,(H,13,16). The van der Waals surface area contributed by atoms with Crippen LogP contribution < -0.4 is 10.1 Å². The number of rotatable bonds is 3. The second-order valence-electron chi connectivity index (χ2n) is 3.96. The Morgan fingerprint density at radius 2 is 2.17 bits per heavy atom. The highest BCUT2D eigenvalue weighted by Gasteiger charge is 2.17. The minimum absolute atomic E-state index is 0.137. The fourth-order valence-corrected chi connectivity index (χ4v) is 2.51. The molecule has 6 heteroatoms. The summed E-state index contributed by atoms with van der Waals surface area (Å²) in [5.74, 6) is 0.414. The van der Waals surface area contributed by atoms with Gasteiger partial charge in [-0.3, -0.25) is 4.79 Å². The van der Waals surface area contributed by atoms with E-state index in [-0.39, 0.29) is 5.91 Å². The van der Waals surface area contributed by atoms with E-state index in [2.05, 4.69) is 10.4 Å². The van der Waals surface area contributed by atoms with Gasteiger partial charge in [-0.25, -0.2) is 4.68 Å². The van der Waals surface area contributed by atoms with Crippen molar-refractivity contribution in [3.05, 3.63) is 27.6 Å². The third kappa shape index (κ3) is 2.24. The smallest absolute Gasteiger partial charge is 0.265 e. The second-order valence-corrected chi connectivity index (χ2v) is 5.25. The number of anilines is 1. The molecule has 0 bridgehead atoms. The molecule has 1 amide bonds. The second kappa shape index (κ2) is 4.81. The summed E-state index contributed by atoms with van der Waals surface area (Å²) in [5.41, 5.74) is 1.35. The van der Waals surface area contributed by atoms with E-state index >= 15 is 0 Å². The predicted molar refractivity (Wildman–Crippen MR) is 71.5 cm³/mol. The van der Waals surface area contributed by atoms with Crippen LogP contribution in [0.1, 0.15) is 20.2 Å². The van der Waals surface area contributed by atoms with Crippen LogP contribution in [-0.4, -0.2) is 22.8 Å². The fourth-order valence-electron chi connectivity index (χ4n) is 1.75. The van der Waals surface area contributed by atoms with Gasteiger partial charge in [0.05, 0.1) is 17.7 Å². The Morgan fingerprint density at radius 1 is 1.44 bits per heavy atom. The molecular weight excluding hydrogens is 250 g/mol. The number of ether oxygens (including phenoxy) is 1. The van der Waals surface area contributed by atoms with Crippen molar-refractivity contribution in [2.24, 2.45) is 7.05 Å². The molecule has 0 aliphatic heterocycles. The lowest BCUT2D eigenvalue weighted by Crippen LogP contribution is -2.11. The van der Waals surface area contributed by atoms with Crippen molar-refractivity contribution in [3.8, 4) is 5.88 Å². The molecule has 2 aromatic rings. The third-order valence-corrected chi connectivity index (χ3v) is 3.57. The topological polar surface area (TPSA) is 56.1 Å². The molecule has 18 heavy (non-hydrogen) atoms. The molecule has 2 rings (SSSR count). The van der Waals surface area contributed by atoms with Gasteiger partial charge in [-0.1, -0.05) is 0 Å². The summed E-state index contributed by atoms with van der Waals surface area (Å²) < 4.78 is 6.83. The number of carbonyl (C=O) groups is 1. The molecule has 1 N–H and O–H groups in total. The first-order valence-corrected chi connectivity index (χ1v) is 6.30. The molecule has 0 saturated heterocycles. The fraction of sp³-hybridized carbons (Fsp3) is 0.333. The third-order valence-electron chi connectivity index (χ3n) is 2.57. The summed E-state index contributed by atoms with van der Waals surface area (Å²) in [6.45, 7) is 3.80. The number of thiophene rings is 1. The van der Waals surface area contributed by atoms with E-state index < -0.39 is 0 Å². The molecule has 0 unspecified atom stereocenters. The van der Waals surface area contributed by atoms with E-state index in [1.165, 1.54) is 11.3 Å². The maximum absolute atomic E-state index is 12.1. The monoisotopic (exact) mass is 265 g/mol. The summed E-state index contributed by atoms with van der Waals surface area (Å²) in [4.78, 5) is 13.8. The summed E-state index contributed by atoms with van der Waals surface area (Å²) in [6.07, 6.45) is 0. The Bertz CT molecular complexity index is 586. The number of nitrogens with zero attached hydrogens (tertiary/aromatic N) is 2. The minimum atomic E-state index is -0.137. The Labute approximate surface area is 109 Å². The van der Waals surface area contributed by atoms with Crippen molar-refractivity contribution in [3.63, 3.8) is 0 Å². The first kappa shape index (κ1) is 12.6. The van der Waals surface area contributed by atoms with Gasteiger partial charge in [0.2, 0.25) is 5.88 Å². The molecule has 2 aromatic heterocycles. The molecule has 0 aliphatic rings. The zero-order valence-corrected chi connectivity index (χ0v) is 11.6. The number of methoxy groups -OCH3 is 1. The number of hydrogen-bond donors (Lipinski definition) is 1. The predicted octanol–water partition coefficient (Wildman–Crippen LogP) is 2.36. The molecule has 0 fully saturated rings. The number of amides is 1. The van der Waals surface area contributed by atoms with E-state index in [1.807, 2.05) is 26.0 Å². The summed E-state index contributed by atoms with van der Waals surface area (Å²) >= 11 is 1.46. The van der Waals surface area contributed by atoms with Gasteiger partial charge >= 0.3 is 0 Å².